The van der Waals surface area contributed by atoms with E-state index in [4.69, 9.17) is 5.11 Å². The molecule has 0 aliphatic carbocycles. The van der Waals surface area contributed by atoms with Crippen LogP contribution in [0.1, 0.15) is 26.7 Å². The molecule has 0 radical (unpaired) electrons. The van der Waals surface area contributed by atoms with E-state index in [1.807, 2.05) is 0 Å². The first-order valence-corrected chi connectivity index (χ1v) is 5.95. The van der Waals surface area contributed by atoms with Crippen LogP contribution in [0.4, 0.5) is 0 Å². The Balaban J connectivity index is 2.53. The third kappa shape index (κ3) is 3.19. The Morgan fingerprint density at radius 2 is 2.12 bits per heavy atom. The normalized spacial score (nSPS) is 25.2. The van der Waals surface area contributed by atoms with Crippen LogP contribution in [0.5, 0.6) is 0 Å². The lowest BCUT2D eigenvalue weighted by Crippen LogP contribution is -2.45. The zero-order valence-corrected chi connectivity index (χ0v) is 10.9. The number of carboxylic acid groups (broad SMARTS) is 1. The molecule has 1 unspecified atom stereocenters. The average molecular weight is 228 g/mol. The van der Waals surface area contributed by atoms with Crippen molar-refractivity contribution in [2.45, 2.75) is 32.2 Å². The van der Waals surface area contributed by atoms with Gasteiger partial charge in [0.2, 0.25) is 0 Å². The fraction of sp³-hybridized carbons (Fsp3) is 0.917. The molecule has 4 heteroatoms. The van der Waals surface area contributed by atoms with E-state index in [-0.39, 0.29) is 11.5 Å². The summed E-state index contributed by atoms with van der Waals surface area (Å²) in [5.41, 5.74) is 0.0222. The average Bonchev–Trinajstić information content (AvgIpc) is 2.39. The van der Waals surface area contributed by atoms with Gasteiger partial charge in [-0.25, -0.2) is 0 Å². The summed E-state index contributed by atoms with van der Waals surface area (Å²) in [6.45, 7) is 7.42. The molecule has 16 heavy (non-hydrogen) atoms. The molecule has 1 heterocycles. The first-order valence-electron chi connectivity index (χ1n) is 5.95. The molecular formula is C12H24N2O2. The maximum atomic E-state index is 10.8. The zero-order valence-electron chi connectivity index (χ0n) is 10.9. The monoisotopic (exact) mass is 228 g/mol. The van der Waals surface area contributed by atoms with E-state index in [2.05, 4.69) is 37.7 Å². The number of aliphatic carboxylic acids is 1. The van der Waals surface area contributed by atoms with Crippen LogP contribution in [0.15, 0.2) is 0 Å². The van der Waals surface area contributed by atoms with E-state index in [9.17, 15) is 4.79 Å². The topological polar surface area (TPSA) is 43.8 Å². The van der Waals surface area contributed by atoms with E-state index < -0.39 is 5.97 Å². The third-order valence-corrected chi connectivity index (χ3v) is 3.80. The minimum atomic E-state index is -0.674. The van der Waals surface area contributed by atoms with Crippen LogP contribution in [0, 0.1) is 5.92 Å². The Bertz CT molecular complexity index is 251. The van der Waals surface area contributed by atoms with Gasteiger partial charge < -0.3 is 10.0 Å². The van der Waals surface area contributed by atoms with E-state index >= 15 is 0 Å². The molecule has 1 fully saturated rings. The molecule has 1 N–H and O–H groups in total. The van der Waals surface area contributed by atoms with Crippen molar-refractivity contribution >= 4 is 5.97 Å². The highest BCUT2D eigenvalue weighted by Gasteiger charge is 2.41. The van der Waals surface area contributed by atoms with Crippen molar-refractivity contribution in [1.82, 2.24) is 9.80 Å². The molecule has 0 aromatic heterocycles. The van der Waals surface area contributed by atoms with Crippen LogP contribution >= 0.6 is 0 Å². The zero-order chi connectivity index (χ0) is 12.3. The number of likely N-dealkylation sites (tertiary alicyclic amines) is 1. The summed E-state index contributed by atoms with van der Waals surface area (Å²) in [5, 5.41) is 8.88. The number of carbonyl (C=O) groups is 1. The van der Waals surface area contributed by atoms with Gasteiger partial charge in [0.05, 0.1) is 0 Å². The summed E-state index contributed by atoms with van der Waals surface area (Å²) in [6, 6.07) is 0. The van der Waals surface area contributed by atoms with Gasteiger partial charge in [-0.2, -0.15) is 0 Å². The Hall–Kier alpha value is -0.610. The lowest BCUT2D eigenvalue weighted by Gasteiger charge is -2.36. The van der Waals surface area contributed by atoms with Crippen molar-refractivity contribution in [2.75, 3.05) is 33.7 Å². The minimum absolute atomic E-state index is 0.0222. The molecule has 1 atom stereocenters. The van der Waals surface area contributed by atoms with Gasteiger partial charge in [-0.1, -0.05) is 0 Å². The molecular weight excluding hydrogens is 204 g/mol. The second-order valence-electron chi connectivity index (χ2n) is 5.53. The van der Waals surface area contributed by atoms with Gasteiger partial charge in [-0.05, 0) is 46.8 Å². The van der Waals surface area contributed by atoms with Gasteiger partial charge >= 0.3 is 5.97 Å². The van der Waals surface area contributed by atoms with Crippen molar-refractivity contribution in [3.05, 3.63) is 0 Å². The molecule has 0 aromatic rings. The molecule has 0 amide bonds. The number of likely N-dealkylation sites (N-methyl/N-ethyl adjacent to an activating group) is 1. The van der Waals surface area contributed by atoms with Gasteiger partial charge in [0.15, 0.2) is 0 Å². The summed E-state index contributed by atoms with van der Waals surface area (Å²) >= 11 is 0. The van der Waals surface area contributed by atoms with Crippen molar-refractivity contribution < 1.29 is 9.90 Å². The molecule has 4 nitrogen and oxygen atoms in total. The molecule has 0 spiro atoms. The van der Waals surface area contributed by atoms with Crippen LogP contribution in [0.25, 0.3) is 0 Å². The van der Waals surface area contributed by atoms with Crippen LogP contribution in [-0.2, 0) is 4.79 Å². The maximum Gasteiger partial charge on any atom is 0.303 e. The quantitative estimate of drug-likeness (QED) is 0.766. The highest BCUT2D eigenvalue weighted by Crippen LogP contribution is 2.36. The number of hydrogen-bond donors (Lipinski definition) is 1. The first-order chi connectivity index (χ1) is 7.34. The van der Waals surface area contributed by atoms with E-state index in [0.717, 1.165) is 26.1 Å². The first kappa shape index (κ1) is 13.5. The molecule has 1 rings (SSSR count). The van der Waals surface area contributed by atoms with Gasteiger partial charge in [-0.15, -0.1) is 0 Å². The SMILES string of the molecule is CN(C)CCN1CCC(CC(=O)O)C1(C)C. The molecule has 1 aliphatic rings. The molecule has 94 valence electrons. The van der Waals surface area contributed by atoms with E-state index in [1.165, 1.54) is 0 Å². The molecule has 0 saturated carbocycles. The molecule has 1 saturated heterocycles. The van der Waals surface area contributed by atoms with Crippen LogP contribution in [-0.4, -0.2) is 60.1 Å². The minimum Gasteiger partial charge on any atom is -0.481 e. The van der Waals surface area contributed by atoms with Gasteiger partial charge in [-0.3, -0.25) is 9.69 Å². The predicted octanol–water partition coefficient (Wildman–Crippen LogP) is 1.12. The predicted molar refractivity (Wildman–Crippen MR) is 64.6 cm³/mol. The highest BCUT2D eigenvalue weighted by molar-refractivity contribution is 5.67. The lowest BCUT2D eigenvalue weighted by molar-refractivity contribution is -0.138. The summed E-state index contributed by atoms with van der Waals surface area (Å²) < 4.78 is 0. The smallest absolute Gasteiger partial charge is 0.303 e. The van der Waals surface area contributed by atoms with Gasteiger partial charge in [0.1, 0.15) is 0 Å². The van der Waals surface area contributed by atoms with E-state index in [1.54, 1.807) is 0 Å². The van der Waals surface area contributed by atoms with Gasteiger partial charge in [0, 0.05) is 25.0 Å². The Labute approximate surface area is 98.2 Å². The fourth-order valence-electron chi connectivity index (χ4n) is 2.49. The molecule has 0 bridgehead atoms. The van der Waals surface area contributed by atoms with Crippen LogP contribution in [0.3, 0.4) is 0 Å². The number of nitrogens with zero attached hydrogens (tertiary/aromatic N) is 2. The van der Waals surface area contributed by atoms with E-state index in [0.29, 0.717) is 6.42 Å². The standard InChI is InChI=1S/C12H24N2O2/c1-12(2)10(9-11(15)16)5-6-14(12)8-7-13(3)4/h10H,5-9H2,1-4H3,(H,15,16). The number of carboxylic acids is 1. The van der Waals surface area contributed by atoms with Crippen molar-refractivity contribution in [3.8, 4) is 0 Å². The van der Waals surface area contributed by atoms with Crippen LogP contribution in [0.2, 0.25) is 0 Å². The summed E-state index contributed by atoms with van der Waals surface area (Å²) in [7, 11) is 4.13. The summed E-state index contributed by atoms with van der Waals surface area (Å²) in [6.07, 6.45) is 1.30. The highest BCUT2D eigenvalue weighted by atomic mass is 16.4. The second kappa shape index (κ2) is 5.15. The second-order valence-corrected chi connectivity index (χ2v) is 5.53. The number of hydrogen-bond acceptors (Lipinski definition) is 3. The Morgan fingerprint density at radius 3 is 2.62 bits per heavy atom. The van der Waals surface area contributed by atoms with Crippen molar-refractivity contribution in [3.63, 3.8) is 0 Å². The lowest BCUT2D eigenvalue weighted by atomic mass is 9.86. The Kier molecular flexibility index (Phi) is 4.33. The van der Waals surface area contributed by atoms with Crippen LogP contribution < -0.4 is 0 Å². The Morgan fingerprint density at radius 1 is 1.50 bits per heavy atom. The molecule has 1 aliphatic heterocycles. The largest absolute Gasteiger partial charge is 0.481 e. The van der Waals surface area contributed by atoms with Gasteiger partial charge in [0.25, 0.3) is 0 Å². The third-order valence-electron chi connectivity index (χ3n) is 3.80. The fourth-order valence-corrected chi connectivity index (χ4v) is 2.49. The molecule has 0 aromatic carbocycles. The number of rotatable bonds is 5. The summed E-state index contributed by atoms with van der Waals surface area (Å²) in [5.74, 6) is -0.389. The van der Waals surface area contributed by atoms with Crippen molar-refractivity contribution in [2.24, 2.45) is 5.92 Å². The summed E-state index contributed by atoms with van der Waals surface area (Å²) in [4.78, 5) is 15.4. The maximum absolute atomic E-state index is 10.8. The van der Waals surface area contributed by atoms with Crippen molar-refractivity contribution in [1.29, 1.82) is 0 Å².